The molecule has 1 amide bonds. The second-order valence-corrected chi connectivity index (χ2v) is 5.95. The van der Waals surface area contributed by atoms with E-state index in [0.29, 0.717) is 19.4 Å². The van der Waals surface area contributed by atoms with E-state index in [1.165, 1.54) is 0 Å². The predicted octanol–water partition coefficient (Wildman–Crippen LogP) is 1.77. The van der Waals surface area contributed by atoms with Gasteiger partial charge in [-0.15, -0.1) is 0 Å². The number of benzene rings is 1. The van der Waals surface area contributed by atoms with E-state index in [1.807, 2.05) is 24.3 Å². The highest BCUT2D eigenvalue weighted by Crippen LogP contribution is 2.47. The van der Waals surface area contributed by atoms with Crippen molar-refractivity contribution < 1.29 is 9.90 Å². The number of fused-ring (bicyclic) bond motifs is 1. The molecule has 1 saturated carbocycles. The fraction of sp³-hybridized carbons (Fsp3) is 0.500. The summed E-state index contributed by atoms with van der Waals surface area (Å²) in [5.74, 6) is 0.905. The number of rotatable bonds is 7. The molecule has 5 nitrogen and oxygen atoms in total. The highest BCUT2D eigenvalue weighted by Gasteiger charge is 2.41. The summed E-state index contributed by atoms with van der Waals surface area (Å²) >= 11 is 0. The smallest absolute Gasteiger partial charge is 0.220 e. The molecule has 3 N–H and O–H groups in total. The van der Waals surface area contributed by atoms with Gasteiger partial charge in [-0.25, -0.2) is 4.98 Å². The molecule has 3 rings (SSSR count). The molecule has 1 aromatic carbocycles. The molecule has 112 valence electrons. The molecule has 0 bridgehead atoms. The molecule has 1 aromatic heterocycles. The van der Waals surface area contributed by atoms with Gasteiger partial charge >= 0.3 is 0 Å². The summed E-state index contributed by atoms with van der Waals surface area (Å²) in [4.78, 5) is 19.6. The minimum atomic E-state index is 0.0553. The Morgan fingerprint density at radius 2 is 2.19 bits per heavy atom. The number of amides is 1. The van der Waals surface area contributed by atoms with E-state index in [1.54, 1.807) is 0 Å². The fourth-order valence-corrected chi connectivity index (χ4v) is 2.66. The number of hydrogen-bond donors (Lipinski definition) is 3. The number of nitrogens with one attached hydrogen (secondary N) is 2. The quantitative estimate of drug-likeness (QED) is 0.726. The van der Waals surface area contributed by atoms with Crippen molar-refractivity contribution in [3.63, 3.8) is 0 Å². The molecule has 0 aliphatic heterocycles. The van der Waals surface area contributed by atoms with Crippen LogP contribution in [0.3, 0.4) is 0 Å². The lowest BCUT2D eigenvalue weighted by molar-refractivity contribution is -0.121. The zero-order valence-electron chi connectivity index (χ0n) is 12.1. The van der Waals surface area contributed by atoms with Crippen LogP contribution < -0.4 is 5.32 Å². The summed E-state index contributed by atoms with van der Waals surface area (Å²) in [6.07, 6.45) is 4.06. The lowest BCUT2D eigenvalue weighted by atomic mass is 10.0. The number of H-pyrrole nitrogens is 1. The van der Waals surface area contributed by atoms with E-state index in [2.05, 4.69) is 15.3 Å². The van der Waals surface area contributed by atoms with Gasteiger partial charge in [-0.1, -0.05) is 12.1 Å². The molecule has 1 aliphatic rings. The summed E-state index contributed by atoms with van der Waals surface area (Å²) in [6.45, 7) is 0.890. The van der Waals surface area contributed by atoms with Crippen molar-refractivity contribution in [2.75, 3.05) is 13.2 Å². The lowest BCUT2D eigenvalue weighted by Crippen LogP contribution is -2.30. The zero-order chi connectivity index (χ0) is 14.7. The fourth-order valence-electron chi connectivity index (χ4n) is 2.66. The Kier molecular flexibility index (Phi) is 3.92. The first-order valence-corrected chi connectivity index (χ1v) is 7.52. The first kappa shape index (κ1) is 14.1. The van der Waals surface area contributed by atoms with Gasteiger partial charge in [-0.2, -0.15) is 0 Å². The Morgan fingerprint density at radius 3 is 2.90 bits per heavy atom. The van der Waals surface area contributed by atoms with Crippen molar-refractivity contribution in [2.24, 2.45) is 5.41 Å². The molecule has 0 spiro atoms. The van der Waals surface area contributed by atoms with Gasteiger partial charge < -0.3 is 15.4 Å². The molecule has 1 fully saturated rings. The third-order valence-electron chi connectivity index (χ3n) is 4.29. The van der Waals surface area contributed by atoms with Crippen molar-refractivity contribution >= 4 is 16.9 Å². The Hall–Kier alpha value is -1.88. The van der Waals surface area contributed by atoms with Crippen LogP contribution in [0.2, 0.25) is 0 Å². The first-order chi connectivity index (χ1) is 10.2. The van der Waals surface area contributed by atoms with E-state index < -0.39 is 0 Å². The van der Waals surface area contributed by atoms with Crippen molar-refractivity contribution in [1.29, 1.82) is 0 Å². The van der Waals surface area contributed by atoms with Gasteiger partial charge in [0.1, 0.15) is 5.82 Å². The van der Waals surface area contributed by atoms with E-state index in [9.17, 15) is 4.79 Å². The number of carbonyl (C=O) groups excluding carboxylic acids is 1. The largest absolute Gasteiger partial charge is 0.396 e. The molecular weight excluding hydrogens is 266 g/mol. The Bertz CT molecular complexity index is 598. The number of imidazole rings is 1. The number of nitrogens with zero attached hydrogens (tertiary/aromatic N) is 1. The number of aliphatic hydroxyl groups excluding tert-OH is 1. The molecule has 1 aliphatic carbocycles. The van der Waals surface area contributed by atoms with Gasteiger partial charge in [0, 0.05) is 26.0 Å². The highest BCUT2D eigenvalue weighted by atomic mass is 16.3. The van der Waals surface area contributed by atoms with Crippen LogP contribution in [0.4, 0.5) is 0 Å². The van der Waals surface area contributed by atoms with Crippen LogP contribution in [-0.4, -0.2) is 34.1 Å². The van der Waals surface area contributed by atoms with Crippen molar-refractivity contribution in [2.45, 2.75) is 32.1 Å². The molecule has 5 heteroatoms. The Labute approximate surface area is 123 Å². The number of aliphatic hydroxyl groups is 1. The number of aromatic amines is 1. The monoisotopic (exact) mass is 287 g/mol. The summed E-state index contributed by atoms with van der Waals surface area (Å²) < 4.78 is 0. The number of para-hydroxylation sites is 2. The van der Waals surface area contributed by atoms with Crippen LogP contribution in [0, 0.1) is 5.41 Å². The third kappa shape index (κ3) is 3.42. The molecule has 0 radical (unpaired) electrons. The Balaban J connectivity index is 1.47. The standard InChI is InChI=1S/C16H21N3O2/c20-10-9-16(7-8-16)11-17-15(21)6-5-14-18-12-3-1-2-4-13(12)19-14/h1-4,20H,5-11H2,(H,17,21)(H,18,19). The molecule has 2 aromatic rings. The topological polar surface area (TPSA) is 78.0 Å². The minimum Gasteiger partial charge on any atom is -0.396 e. The van der Waals surface area contributed by atoms with Crippen molar-refractivity contribution in [1.82, 2.24) is 15.3 Å². The average molecular weight is 287 g/mol. The summed E-state index contributed by atoms with van der Waals surface area (Å²) in [5, 5.41) is 12.0. The zero-order valence-corrected chi connectivity index (χ0v) is 12.1. The minimum absolute atomic E-state index is 0.0553. The molecule has 1 heterocycles. The van der Waals surface area contributed by atoms with Crippen molar-refractivity contribution in [3.05, 3.63) is 30.1 Å². The maximum Gasteiger partial charge on any atom is 0.220 e. The van der Waals surface area contributed by atoms with Crippen LogP contribution in [0.1, 0.15) is 31.5 Å². The van der Waals surface area contributed by atoms with Gasteiger partial charge in [0.25, 0.3) is 0 Å². The molecular formula is C16H21N3O2. The normalized spacial score (nSPS) is 16.0. The van der Waals surface area contributed by atoms with Crippen LogP contribution >= 0.6 is 0 Å². The molecule has 0 unspecified atom stereocenters. The maximum atomic E-state index is 11.9. The number of hydrogen-bond acceptors (Lipinski definition) is 3. The van der Waals surface area contributed by atoms with Gasteiger partial charge in [0.15, 0.2) is 0 Å². The van der Waals surface area contributed by atoms with Gasteiger partial charge in [0.2, 0.25) is 5.91 Å². The van der Waals surface area contributed by atoms with Crippen molar-refractivity contribution in [3.8, 4) is 0 Å². The van der Waals surface area contributed by atoms with Crippen LogP contribution in [0.25, 0.3) is 11.0 Å². The summed E-state index contributed by atoms with van der Waals surface area (Å²) in [6, 6.07) is 7.86. The maximum absolute atomic E-state index is 11.9. The van der Waals surface area contributed by atoms with Crippen LogP contribution in [0.15, 0.2) is 24.3 Å². The second-order valence-electron chi connectivity index (χ2n) is 5.95. The summed E-state index contributed by atoms with van der Waals surface area (Å²) in [7, 11) is 0. The van der Waals surface area contributed by atoms with E-state index in [4.69, 9.17) is 5.11 Å². The van der Waals surface area contributed by atoms with Crippen LogP contribution in [0.5, 0.6) is 0 Å². The third-order valence-corrected chi connectivity index (χ3v) is 4.29. The molecule has 0 atom stereocenters. The highest BCUT2D eigenvalue weighted by molar-refractivity contribution is 5.77. The first-order valence-electron chi connectivity index (χ1n) is 7.52. The number of aromatic nitrogens is 2. The van der Waals surface area contributed by atoms with Gasteiger partial charge in [-0.3, -0.25) is 4.79 Å². The van der Waals surface area contributed by atoms with E-state index in [-0.39, 0.29) is 17.9 Å². The SMILES string of the molecule is O=C(CCc1nc2ccccc2[nH]1)NCC1(CCO)CC1. The average Bonchev–Trinajstić information content (AvgIpc) is 3.12. The number of aryl methyl sites for hydroxylation is 1. The molecule has 21 heavy (non-hydrogen) atoms. The second kappa shape index (κ2) is 5.85. The van der Waals surface area contributed by atoms with E-state index >= 15 is 0 Å². The molecule has 0 saturated heterocycles. The van der Waals surface area contributed by atoms with Gasteiger partial charge in [-0.05, 0) is 36.8 Å². The predicted molar refractivity (Wildman–Crippen MR) is 80.8 cm³/mol. The Morgan fingerprint density at radius 1 is 1.38 bits per heavy atom. The van der Waals surface area contributed by atoms with Crippen LogP contribution in [-0.2, 0) is 11.2 Å². The van der Waals surface area contributed by atoms with E-state index in [0.717, 1.165) is 36.1 Å². The van der Waals surface area contributed by atoms with Gasteiger partial charge in [0.05, 0.1) is 11.0 Å². The summed E-state index contributed by atoms with van der Waals surface area (Å²) in [5.41, 5.74) is 2.12. The number of carbonyl (C=O) groups is 1. The lowest BCUT2D eigenvalue weighted by Gasteiger charge is -2.14.